The number of rotatable bonds is 5. The average Bonchev–Trinajstić information content (AvgIpc) is 3.22. The highest BCUT2D eigenvalue weighted by molar-refractivity contribution is 6.05. The molecule has 0 spiro atoms. The number of carbonyl (C=O) groups excluding carboxylic acids is 1. The number of phenols is 4. The van der Waals surface area contributed by atoms with E-state index >= 15 is 0 Å². The summed E-state index contributed by atoms with van der Waals surface area (Å²) < 4.78 is 22.6. The molecular formula is C26H24O10. The average molecular weight is 496 g/mol. The first-order valence-corrected chi connectivity index (χ1v) is 11.1. The second-order valence-electron chi connectivity index (χ2n) is 8.61. The van der Waals surface area contributed by atoms with Gasteiger partial charge in [0.25, 0.3) is 0 Å². The van der Waals surface area contributed by atoms with Crippen LogP contribution in [-0.4, -0.2) is 58.2 Å². The van der Waals surface area contributed by atoms with Crippen LogP contribution in [0.2, 0.25) is 0 Å². The number of hydrogen-bond acceptors (Lipinski definition) is 10. The summed E-state index contributed by atoms with van der Waals surface area (Å²) in [6, 6.07) is 9.97. The molecule has 36 heavy (non-hydrogen) atoms. The highest BCUT2D eigenvalue weighted by Gasteiger charge is 2.43. The third-order valence-electron chi connectivity index (χ3n) is 6.54. The zero-order chi connectivity index (χ0) is 25.7. The number of carbonyl (C=O) groups is 1. The summed E-state index contributed by atoms with van der Waals surface area (Å²) in [5, 5.41) is 51.1. The van der Waals surface area contributed by atoms with Gasteiger partial charge in [0.05, 0.1) is 19.6 Å². The molecule has 10 nitrogen and oxygen atoms in total. The number of benzene rings is 3. The third-order valence-corrected chi connectivity index (χ3v) is 6.54. The molecule has 188 valence electrons. The molecule has 5 N–H and O–H groups in total. The van der Waals surface area contributed by atoms with E-state index < -0.39 is 35.8 Å². The van der Waals surface area contributed by atoms with Crippen LogP contribution < -0.4 is 14.2 Å². The van der Waals surface area contributed by atoms with E-state index in [9.17, 15) is 30.3 Å². The molecule has 0 bridgehead atoms. The van der Waals surface area contributed by atoms with Crippen LogP contribution in [0.5, 0.6) is 40.2 Å². The number of aliphatic hydroxyl groups is 1. The molecule has 0 amide bonds. The van der Waals surface area contributed by atoms with Crippen molar-refractivity contribution in [1.82, 2.24) is 0 Å². The Bertz CT molecular complexity index is 1350. The lowest BCUT2D eigenvalue weighted by molar-refractivity contribution is -0.00118. The smallest absolute Gasteiger partial charge is 0.203 e. The van der Waals surface area contributed by atoms with Crippen molar-refractivity contribution in [2.24, 2.45) is 0 Å². The molecule has 0 aromatic heterocycles. The number of phenolic OH excluding ortho intramolecular Hbond substituents is 4. The van der Waals surface area contributed by atoms with E-state index in [0.717, 1.165) is 6.07 Å². The minimum absolute atomic E-state index is 0.0280. The minimum atomic E-state index is -1.16. The Kier molecular flexibility index (Phi) is 5.77. The van der Waals surface area contributed by atoms with Gasteiger partial charge in [0, 0.05) is 24.8 Å². The van der Waals surface area contributed by atoms with Crippen molar-refractivity contribution in [1.29, 1.82) is 0 Å². The fourth-order valence-electron chi connectivity index (χ4n) is 4.84. The highest BCUT2D eigenvalue weighted by Crippen LogP contribution is 2.52. The first kappa shape index (κ1) is 23.6. The summed E-state index contributed by atoms with van der Waals surface area (Å²) in [4.78, 5) is 13.1. The molecule has 10 heteroatoms. The van der Waals surface area contributed by atoms with Crippen LogP contribution >= 0.6 is 0 Å². The van der Waals surface area contributed by atoms with Crippen molar-refractivity contribution in [3.63, 3.8) is 0 Å². The zero-order valence-electron chi connectivity index (χ0n) is 19.3. The summed E-state index contributed by atoms with van der Waals surface area (Å²) >= 11 is 0. The Labute approximate surface area is 205 Å². The molecule has 5 rings (SSSR count). The number of hydrogen-bond donors (Lipinski definition) is 5. The van der Waals surface area contributed by atoms with Gasteiger partial charge >= 0.3 is 0 Å². The van der Waals surface area contributed by atoms with E-state index in [2.05, 4.69) is 0 Å². The Morgan fingerprint density at radius 3 is 2.33 bits per heavy atom. The van der Waals surface area contributed by atoms with Crippen molar-refractivity contribution in [3.05, 3.63) is 64.7 Å². The van der Waals surface area contributed by atoms with Crippen LogP contribution in [0.25, 0.3) is 0 Å². The Morgan fingerprint density at radius 1 is 0.861 bits per heavy atom. The van der Waals surface area contributed by atoms with E-state index in [1.54, 1.807) is 18.2 Å². The van der Waals surface area contributed by atoms with Gasteiger partial charge < -0.3 is 44.5 Å². The zero-order valence-corrected chi connectivity index (χ0v) is 19.3. The molecule has 2 aliphatic rings. The first-order valence-electron chi connectivity index (χ1n) is 11.1. The summed E-state index contributed by atoms with van der Waals surface area (Å²) in [7, 11) is 2.74. The molecule has 3 aromatic rings. The third kappa shape index (κ3) is 3.62. The molecule has 2 heterocycles. The lowest BCUT2D eigenvalue weighted by Crippen LogP contribution is -2.37. The van der Waals surface area contributed by atoms with Crippen LogP contribution in [0.1, 0.15) is 45.2 Å². The molecule has 0 saturated carbocycles. The van der Waals surface area contributed by atoms with E-state index in [-0.39, 0.29) is 46.7 Å². The van der Waals surface area contributed by atoms with E-state index in [1.165, 1.54) is 32.4 Å². The van der Waals surface area contributed by atoms with Crippen molar-refractivity contribution in [2.45, 2.75) is 24.2 Å². The van der Waals surface area contributed by atoms with Gasteiger partial charge in [-0.25, -0.2) is 0 Å². The Morgan fingerprint density at radius 2 is 1.64 bits per heavy atom. The number of methoxy groups -OCH3 is 2. The standard InChI is InChI=1S/C26H24O10/c1-33-19-7-11(3-4-16(19)29)23-15(10-27)14-5-12(6-18(31)25(14)36-23)24-26(34-2)22(32)21-17(30)8-13(28)9-20(21)35-24/h3-9,15,23-24,26-31H,10H2,1-2H3/t15-,23+,24-,26+/m1/s1. The fraction of sp³-hybridized carbons (Fsp3) is 0.269. The van der Waals surface area contributed by atoms with Gasteiger partial charge in [0.1, 0.15) is 28.9 Å². The molecule has 3 aromatic carbocycles. The molecule has 0 radical (unpaired) electrons. The van der Waals surface area contributed by atoms with Crippen LogP contribution in [0.4, 0.5) is 0 Å². The van der Waals surface area contributed by atoms with E-state index in [0.29, 0.717) is 16.7 Å². The molecule has 0 aliphatic carbocycles. The number of aliphatic hydroxyl groups excluding tert-OH is 1. The lowest BCUT2D eigenvalue weighted by Gasteiger charge is -2.32. The minimum Gasteiger partial charge on any atom is -0.508 e. The largest absolute Gasteiger partial charge is 0.508 e. The lowest BCUT2D eigenvalue weighted by atomic mass is 9.87. The second kappa shape index (κ2) is 8.81. The maximum Gasteiger partial charge on any atom is 0.203 e. The van der Waals surface area contributed by atoms with Gasteiger partial charge in [-0.2, -0.15) is 0 Å². The van der Waals surface area contributed by atoms with Crippen molar-refractivity contribution in [2.75, 3.05) is 20.8 Å². The molecule has 0 saturated heterocycles. The number of aromatic hydroxyl groups is 4. The topological polar surface area (TPSA) is 155 Å². The number of fused-ring (bicyclic) bond motifs is 2. The van der Waals surface area contributed by atoms with Gasteiger partial charge in [-0.3, -0.25) is 4.79 Å². The molecular weight excluding hydrogens is 472 g/mol. The maximum absolute atomic E-state index is 13.1. The molecule has 0 unspecified atom stereocenters. The number of Topliss-reactive ketones (excluding diaryl/α,β-unsaturated/α-hetero) is 1. The van der Waals surface area contributed by atoms with E-state index in [1.807, 2.05) is 0 Å². The van der Waals surface area contributed by atoms with Gasteiger partial charge in [0.2, 0.25) is 5.78 Å². The predicted octanol–water partition coefficient (Wildman–Crippen LogP) is 3.06. The van der Waals surface area contributed by atoms with Crippen LogP contribution in [0.3, 0.4) is 0 Å². The van der Waals surface area contributed by atoms with Crippen LogP contribution in [0, 0.1) is 0 Å². The predicted molar refractivity (Wildman–Crippen MR) is 124 cm³/mol. The normalized spacial score (nSPS) is 22.4. The molecule has 0 fully saturated rings. The van der Waals surface area contributed by atoms with Crippen LogP contribution in [0.15, 0.2) is 42.5 Å². The summed E-state index contributed by atoms with van der Waals surface area (Å²) in [5.41, 5.74) is 1.35. The van der Waals surface area contributed by atoms with Gasteiger partial charge in [-0.1, -0.05) is 6.07 Å². The monoisotopic (exact) mass is 496 g/mol. The van der Waals surface area contributed by atoms with Gasteiger partial charge in [-0.15, -0.1) is 0 Å². The van der Waals surface area contributed by atoms with Crippen LogP contribution in [-0.2, 0) is 4.74 Å². The summed E-state index contributed by atoms with van der Waals surface area (Å²) in [6.45, 7) is -0.327. The van der Waals surface area contributed by atoms with Crippen molar-refractivity contribution >= 4 is 5.78 Å². The van der Waals surface area contributed by atoms with Crippen molar-refractivity contribution in [3.8, 4) is 40.2 Å². The Balaban J connectivity index is 1.56. The maximum atomic E-state index is 13.1. The first-order chi connectivity index (χ1) is 17.3. The number of ether oxygens (including phenoxy) is 4. The SMILES string of the molecule is COc1cc([C@@H]2Oc3c(O)cc([C@H]4Oc5cc(O)cc(O)c5C(=O)[C@@H]4OC)cc3[C@H]2CO)ccc1O. The second-order valence-corrected chi connectivity index (χ2v) is 8.61. The highest BCUT2D eigenvalue weighted by atomic mass is 16.5. The fourth-order valence-corrected chi connectivity index (χ4v) is 4.84. The Hall–Kier alpha value is -4.15. The van der Waals surface area contributed by atoms with Gasteiger partial charge in [0.15, 0.2) is 35.2 Å². The van der Waals surface area contributed by atoms with Crippen molar-refractivity contribution < 1.29 is 49.3 Å². The number of ketones is 1. The quantitative estimate of drug-likeness (QED) is 0.356. The summed E-state index contributed by atoms with van der Waals surface area (Å²) in [6.07, 6.45) is -2.88. The summed E-state index contributed by atoms with van der Waals surface area (Å²) in [5.74, 6) is -1.78. The van der Waals surface area contributed by atoms with Gasteiger partial charge in [-0.05, 0) is 35.4 Å². The van der Waals surface area contributed by atoms with E-state index in [4.69, 9.17) is 18.9 Å². The molecule has 2 aliphatic heterocycles. The molecule has 4 atom stereocenters.